The number of likely N-dealkylation sites (N-methyl/N-ethyl adjacent to an activating group) is 1. The van der Waals surface area contributed by atoms with Crippen LogP contribution >= 0.6 is 0 Å². The van der Waals surface area contributed by atoms with Crippen LogP contribution in [0.3, 0.4) is 0 Å². The number of nitrogens with one attached hydrogen (secondary N) is 1. The van der Waals surface area contributed by atoms with Gasteiger partial charge in [0.05, 0.1) is 4.92 Å². The summed E-state index contributed by atoms with van der Waals surface area (Å²) in [6.07, 6.45) is 1.46. The number of carbonyl (C=O) groups excluding carboxylic acids is 3. The maximum absolute atomic E-state index is 12.5. The number of nitro benzene ring substituents is 1. The molecule has 0 atom stereocenters. The Morgan fingerprint density at radius 2 is 1.83 bits per heavy atom. The van der Waals surface area contributed by atoms with E-state index in [1.165, 1.54) is 18.2 Å². The van der Waals surface area contributed by atoms with E-state index in [9.17, 15) is 24.5 Å². The normalized spacial score (nSPS) is 15.8. The summed E-state index contributed by atoms with van der Waals surface area (Å²) in [4.78, 5) is 48.0. The fraction of sp³-hybridized carbons (Fsp3) is 0.250. The molecule has 3 rings (SSSR count). The molecule has 2 heterocycles. The van der Waals surface area contributed by atoms with Crippen molar-refractivity contribution in [1.29, 1.82) is 0 Å². The molecule has 29 heavy (non-hydrogen) atoms. The van der Waals surface area contributed by atoms with Crippen molar-refractivity contribution in [2.75, 3.05) is 6.54 Å². The van der Waals surface area contributed by atoms with Crippen molar-refractivity contribution in [3.8, 4) is 5.69 Å². The Bertz CT molecular complexity index is 1100. The van der Waals surface area contributed by atoms with Crippen molar-refractivity contribution in [3.05, 3.63) is 62.5 Å². The van der Waals surface area contributed by atoms with Gasteiger partial charge >= 0.3 is 6.03 Å². The molecule has 1 aromatic heterocycles. The summed E-state index contributed by atoms with van der Waals surface area (Å²) < 4.78 is 1.90. The van der Waals surface area contributed by atoms with E-state index in [2.05, 4.69) is 5.32 Å². The lowest BCUT2D eigenvalue weighted by molar-refractivity contribution is -0.384. The SMILES string of the molecule is CCN1C(=O)NC(=O)/C(=C\c2cc(C)n(-c3ccc([N+](=O)[O-])cc3C)c2C)C1=O. The average molecular weight is 396 g/mol. The molecule has 1 aromatic carbocycles. The van der Waals surface area contributed by atoms with E-state index in [0.717, 1.165) is 27.5 Å². The highest BCUT2D eigenvalue weighted by Crippen LogP contribution is 2.27. The molecule has 1 aliphatic rings. The van der Waals surface area contributed by atoms with Crippen LogP contribution in [0.15, 0.2) is 29.8 Å². The molecule has 0 saturated carbocycles. The lowest BCUT2D eigenvalue weighted by Crippen LogP contribution is -2.53. The molecule has 1 fully saturated rings. The van der Waals surface area contributed by atoms with Gasteiger partial charge in [0.2, 0.25) is 0 Å². The van der Waals surface area contributed by atoms with Crippen LogP contribution in [-0.4, -0.2) is 38.8 Å². The van der Waals surface area contributed by atoms with Crippen LogP contribution in [0.4, 0.5) is 10.5 Å². The van der Waals surface area contributed by atoms with Gasteiger partial charge in [-0.15, -0.1) is 0 Å². The van der Waals surface area contributed by atoms with E-state index >= 15 is 0 Å². The van der Waals surface area contributed by atoms with Gasteiger partial charge in [0.25, 0.3) is 17.5 Å². The van der Waals surface area contributed by atoms with Gasteiger partial charge in [0, 0.05) is 35.8 Å². The monoisotopic (exact) mass is 396 g/mol. The Labute approximate surface area is 166 Å². The van der Waals surface area contributed by atoms with Crippen LogP contribution in [0.1, 0.15) is 29.4 Å². The third-order valence-electron chi connectivity index (χ3n) is 4.90. The Hall–Kier alpha value is -3.75. The number of carbonyl (C=O) groups is 3. The number of hydrogen-bond donors (Lipinski definition) is 1. The first-order chi connectivity index (χ1) is 13.6. The number of barbiturate groups is 1. The first-order valence-electron chi connectivity index (χ1n) is 8.99. The number of imide groups is 2. The summed E-state index contributed by atoms with van der Waals surface area (Å²) >= 11 is 0. The van der Waals surface area contributed by atoms with E-state index in [1.54, 1.807) is 19.9 Å². The number of urea groups is 1. The van der Waals surface area contributed by atoms with Gasteiger partial charge in [-0.2, -0.15) is 0 Å². The van der Waals surface area contributed by atoms with Crippen molar-refractivity contribution in [2.24, 2.45) is 0 Å². The summed E-state index contributed by atoms with van der Waals surface area (Å²) in [5.74, 6) is -1.38. The summed E-state index contributed by atoms with van der Waals surface area (Å²) in [5, 5.41) is 13.2. The fourth-order valence-electron chi connectivity index (χ4n) is 3.45. The quantitative estimate of drug-likeness (QED) is 0.369. The molecule has 0 bridgehead atoms. The average Bonchev–Trinajstić information content (AvgIpc) is 2.92. The van der Waals surface area contributed by atoms with Crippen molar-refractivity contribution >= 4 is 29.6 Å². The number of non-ortho nitro benzene ring substituents is 1. The second-order valence-corrected chi connectivity index (χ2v) is 6.76. The number of amides is 4. The molecule has 1 aliphatic heterocycles. The van der Waals surface area contributed by atoms with Gasteiger partial charge in [-0.3, -0.25) is 29.9 Å². The topological polar surface area (TPSA) is 115 Å². The third-order valence-corrected chi connectivity index (χ3v) is 4.90. The van der Waals surface area contributed by atoms with E-state index < -0.39 is 22.8 Å². The second kappa shape index (κ2) is 7.34. The molecule has 0 spiro atoms. The summed E-state index contributed by atoms with van der Waals surface area (Å²) in [5.41, 5.74) is 3.60. The van der Waals surface area contributed by atoms with E-state index in [-0.39, 0.29) is 17.8 Å². The largest absolute Gasteiger partial charge is 0.331 e. The number of benzene rings is 1. The van der Waals surface area contributed by atoms with Gasteiger partial charge in [-0.05, 0) is 57.0 Å². The van der Waals surface area contributed by atoms with Gasteiger partial charge in [-0.25, -0.2) is 4.79 Å². The molecule has 2 aromatic rings. The maximum Gasteiger partial charge on any atom is 0.331 e. The van der Waals surface area contributed by atoms with Crippen LogP contribution < -0.4 is 5.32 Å². The van der Waals surface area contributed by atoms with Crippen LogP contribution in [0.5, 0.6) is 0 Å². The first kappa shape index (κ1) is 20.0. The van der Waals surface area contributed by atoms with Crippen molar-refractivity contribution in [1.82, 2.24) is 14.8 Å². The number of rotatable bonds is 4. The van der Waals surface area contributed by atoms with Crippen LogP contribution in [0, 0.1) is 30.9 Å². The number of aryl methyl sites for hydroxylation is 2. The van der Waals surface area contributed by atoms with Gasteiger partial charge in [-0.1, -0.05) is 0 Å². The van der Waals surface area contributed by atoms with E-state index in [4.69, 9.17) is 0 Å². The molecule has 1 N–H and O–H groups in total. The lowest BCUT2D eigenvalue weighted by Gasteiger charge is -2.24. The molecule has 0 unspecified atom stereocenters. The molecule has 0 radical (unpaired) electrons. The Morgan fingerprint density at radius 3 is 2.41 bits per heavy atom. The molecule has 4 amide bonds. The van der Waals surface area contributed by atoms with Crippen LogP contribution in [0.25, 0.3) is 11.8 Å². The Morgan fingerprint density at radius 1 is 1.14 bits per heavy atom. The molecule has 9 heteroatoms. The third kappa shape index (κ3) is 3.42. The zero-order valence-corrected chi connectivity index (χ0v) is 16.5. The van der Waals surface area contributed by atoms with E-state index in [0.29, 0.717) is 5.56 Å². The predicted molar refractivity (Wildman–Crippen MR) is 106 cm³/mol. The smallest absolute Gasteiger partial charge is 0.318 e. The molecule has 150 valence electrons. The predicted octanol–water partition coefficient (Wildman–Crippen LogP) is 2.79. The fourth-order valence-corrected chi connectivity index (χ4v) is 3.45. The van der Waals surface area contributed by atoms with Crippen LogP contribution in [0.2, 0.25) is 0 Å². The van der Waals surface area contributed by atoms with Gasteiger partial charge in [0.1, 0.15) is 5.57 Å². The Kier molecular flexibility index (Phi) is 5.06. The Balaban J connectivity index is 2.08. The summed E-state index contributed by atoms with van der Waals surface area (Å²) in [6.45, 7) is 7.27. The van der Waals surface area contributed by atoms with Crippen molar-refractivity contribution in [3.63, 3.8) is 0 Å². The first-order valence-corrected chi connectivity index (χ1v) is 8.99. The minimum Gasteiger partial charge on any atom is -0.318 e. The maximum atomic E-state index is 12.5. The zero-order chi connectivity index (χ0) is 21.5. The van der Waals surface area contributed by atoms with Gasteiger partial charge in [0.15, 0.2) is 0 Å². The zero-order valence-electron chi connectivity index (χ0n) is 16.5. The number of nitro groups is 1. The summed E-state index contributed by atoms with van der Waals surface area (Å²) in [7, 11) is 0. The molecule has 9 nitrogen and oxygen atoms in total. The lowest BCUT2D eigenvalue weighted by atomic mass is 10.1. The molecule has 1 saturated heterocycles. The van der Waals surface area contributed by atoms with E-state index in [1.807, 2.05) is 24.5 Å². The minimum atomic E-state index is -0.735. The molecule has 0 aliphatic carbocycles. The van der Waals surface area contributed by atoms with Crippen LogP contribution in [-0.2, 0) is 9.59 Å². The molecular weight excluding hydrogens is 376 g/mol. The van der Waals surface area contributed by atoms with Crippen molar-refractivity contribution < 1.29 is 19.3 Å². The number of aromatic nitrogens is 1. The second-order valence-electron chi connectivity index (χ2n) is 6.76. The number of nitrogens with zero attached hydrogens (tertiary/aromatic N) is 3. The highest BCUT2D eigenvalue weighted by atomic mass is 16.6. The standard InChI is InChI=1S/C20H20N4O5/c1-5-22-19(26)16(18(25)21-20(22)27)10-14-9-12(3)23(13(14)4)17-7-6-15(24(28)29)8-11(17)2/h6-10H,5H2,1-4H3,(H,21,25,27)/b16-10+. The molecular formula is C20H20N4O5. The van der Waals surface area contributed by atoms with Gasteiger partial charge < -0.3 is 4.57 Å². The van der Waals surface area contributed by atoms with Crippen molar-refractivity contribution in [2.45, 2.75) is 27.7 Å². The highest BCUT2D eigenvalue weighted by molar-refractivity contribution is 6.31. The number of hydrogen-bond acceptors (Lipinski definition) is 5. The highest BCUT2D eigenvalue weighted by Gasteiger charge is 2.34. The summed E-state index contributed by atoms with van der Waals surface area (Å²) in [6, 6.07) is 5.68. The minimum absolute atomic E-state index is 0.00449.